The summed E-state index contributed by atoms with van der Waals surface area (Å²) in [7, 11) is 6.25. The van der Waals surface area contributed by atoms with Gasteiger partial charge < -0.3 is 0 Å². The fourth-order valence-corrected chi connectivity index (χ4v) is 2.25. The van der Waals surface area contributed by atoms with Gasteiger partial charge in [-0.2, -0.15) is 9.97 Å². The molecule has 3 rings (SSSR count). The molecule has 0 unspecified atom stereocenters. The summed E-state index contributed by atoms with van der Waals surface area (Å²) in [6.07, 6.45) is 0. The van der Waals surface area contributed by atoms with Gasteiger partial charge in [0.25, 0.3) is 0 Å². The lowest BCUT2D eigenvalue weighted by molar-refractivity contribution is 0.459. The largest absolute Gasteiger partial charge is 0.329 e. The Kier molecular flexibility index (Phi) is 3.73. The van der Waals surface area contributed by atoms with E-state index in [2.05, 4.69) is 51.5 Å². The molecule has 1 heterocycles. The molecule has 3 aromatic rings. The molecule has 0 radical (unpaired) electrons. The van der Waals surface area contributed by atoms with Crippen molar-refractivity contribution in [1.29, 1.82) is 0 Å². The van der Waals surface area contributed by atoms with E-state index in [1.165, 1.54) is 0 Å². The third-order valence-corrected chi connectivity index (χ3v) is 3.45. The Balaban J connectivity index is 2.19. The summed E-state index contributed by atoms with van der Waals surface area (Å²) < 4.78 is 0.584. The summed E-state index contributed by atoms with van der Waals surface area (Å²) in [6, 6.07) is 22.5. The minimum atomic E-state index is 0.584. The monoisotopic (exact) mass is 290 g/mol. The zero-order chi connectivity index (χ0) is 15.6. The second-order valence-electron chi connectivity index (χ2n) is 6.18. The number of aromatic nitrogens is 2. The van der Waals surface area contributed by atoms with Gasteiger partial charge in [-0.25, -0.2) is 0 Å². The molecule has 0 spiro atoms. The van der Waals surface area contributed by atoms with Crippen molar-refractivity contribution in [3.63, 3.8) is 0 Å². The van der Waals surface area contributed by atoms with E-state index in [9.17, 15) is 0 Å². The van der Waals surface area contributed by atoms with E-state index in [4.69, 9.17) is 9.97 Å². The van der Waals surface area contributed by atoms with Crippen molar-refractivity contribution in [3.05, 3.63) is 66.7 Å². The van der Waals surface area contributed by atoms with Gasteiger partial charge in [0.05, 0.1) is 32.5 Å². The molecule has 3 heteroatoms. The number of hydrogen-bond acceptors (Lipinski definition) is 2. The Labute approximate surface area is 131 Å². The van der Waals surface area contributed by atoms with Crippen LogP contribution in [0, 0.1) is 0 Å². The second-order valence-corrected chi connectivity index (χ2v) is 6.18. The quantitative estimate of drug-likeness (QED) is 0.681. The Hall–Kier alpha value is -2.52. The van der Waals surface area contributed by atoms with Crippen LogP contribution >= 0.6 is 0 Å². The smallest absolute Gasteiger partial charge is 0.264 e. The third-order valence-electron chi connectivity index (χ3n) is 3.45. The van der Waals surface area contributed by atoms with Gasteiger partial charge in [0.15, 0.2) is 0 Å². The van der Waals surface area contributed by atoms with Crippen molar-refractivity contribution >= 4 is 5.95 Å². The first kappa shape index (κ1) is 14.4. The van der Waals surface area contributed by atoms with E-state index in [1.54, 1.807) is 0 Å². The Morgan fingerprint density at radius 2 is 1.05 bits per heavy atom. The highest BCUT2D eigenvalue weighted by Gasteiger charge is 2.19. The van der Waals surface area contributed by atoms with Crippen LogP contribution in [-0.4, -0.2) is 31.1 Å². The molecule has 110 valence electrons. The standard InChI is InChI=1S/C19H20N3/c1-22(2,3)19-20-17(15-10-6-4-7-11-15)14-18(21-19)16-12-8-5-9-13-16/h4-14H,1-3H3/q+1. The highest BCUT2D eigenvalue weighted by Crippen LogP contribution is 2.26. The molecule has 3 nitrogen and oxygen atoms in total. The topological polar surface area (TPSA) is 25.8 Å². The first-order valence-corrected chi connectivity index (χ1v) is 7.36. The van der Waals surface area contributed by atoms with Crippen molar-refractivity contribution in [1.82, 2.24) is 14.5 Å². The maximum absolute atomic E-state index is 4.76. The van der Waals surface area contributed by atoms with Gasteiger partial charge >= 0.3 is 5.95 Å². The number of rotatable bonds is 3. The lowest BCUT2D eigenvalue weighted by Gasteiger charge is -2.21. The van der Waals surface area contributed by atoms with E-state index in [1.807, 2.05) is 36.4 Å². The fraction of sp³-hybridized carbons (Fsp3) is 0.158. The normalized spacial score (nSPS) is 11.4. The Morgan fingerprint density at radius 3 is 1.41 bits per heavy atom. The zero-order valence-electron chi connectivity index (χ0n) is 13.2. The molecular weight excluding hydrogens is 270 g/mol. The van der Waals surface area contributed by atoms with Crippen LogP contribution in [0.5, 0.6) is 0 Å². The average molecular weight is 290 g/mol. The third kappa shape index (κ3) is 3.05. The average Bonchev–Trinajstić information content (AvgIpc) is 2.55. The molecule has 0 fully saturated rings. The van der Waals surface area contributed by atoms with Crippen LogP contribution in [0.3, 0.4) is 0 Å². The minimum Gasteiger partial charge on any atom is -0.264 e. The SMILES string of the molecule is C[N+](C)(C)c1nc(-c2ccccc2)cc(-c2ccccc2)n1. The van der Waals surface area contributed by atoms with Crippen LogP contribution in [-0.2, 0) is 0 Å². The minimum absolute atomic E-state index is 0.584. The van der Waals surface area contributed by atoms with E-state index in [0.29, 0.717) is 4.48 Å². The maximum Gasteiger partial charge on any atom is 0.329 e. The zero-order valence-corrected chi connectivity index (χ0v) is 13.2. The van der Waals surface area contributed by atoms with Crippen LogP contribution in [0.2, 0.25) is 0 Å². The molecule has 0 aliphatic rings. The van der Waals surface area contributed by atoms with Crippen molar-refractivity contribution in [2.24, 2.45) is 0 Å². The van der Waals surface area contributed by atoms with E-state index < -0.39 is 0 Å². The van der Waals surface area contributed by atoms with Crippen LogP contribution in [0.25, 0.3) is 22.5 Å². The fourth-order valence-electron chi connectivity index (χ4n) is 2.25. The van der Waals surface area contributed by atoms with Crippen molar-refractivity contribution < 1.29 is 0 Å². The van der Waals surface area contributed by atoms with E-state index in [0.717, 1.165) is 28.5 Å². The van der Waals surface area contributed by atoms with Gasteiger partial charge in [0, 0.05) is 11.1 Å². The highest BCUT2D eigenvalue weighted by molar-refractivity contribution is 5.69. The molecule has 1 aromatic heterocycles. The second kappa shape index (κ2) is 5.70. The Bertz CT molecular complexity index is 702. The molecule has 22 heavy (non-hydrogen) atoms. The molecule has 0 bridgehead atoms. The van der Waals surface area contributed by atoms with Gasteiger partial charge in [-0.3, -0.25) is 4.48 Å². The maximum atomic E-state index is 4.76. The molecule has 0 N–H and O–H groups in total. The van der Waals surface area contributed by atoms with Gasteiger partial charge in [-0.05, 0) is 6.07 Å². The molecule has 0 saturated heterocycles. The van der Waals surface area contributed by atoms with Crippen LogP contribution in [0.4, 0.5) is 5.95 Å². The molecule has 2 aromatic carbocycles. The summed E-state index contributed by atoms with van der Waals surface area (Å²) in [5.41, 5.74) is 4.13. The van der Waals surface area contributed by atoms with Gasteiger partial charge in [0.1, 0.15) is 0 Å². The van der Waals surface area contributed by atoms with Crippen molar-refractivity contribution in [2.45, 2.75) is 0 Å². The summed E-state index contributed by atoms with van der Waals surface area (Å²) in [5.74, 6) is 0.806. The van der Waals surface area contributed by atoms with Crippen LogP contribution in [0.1, 0.15) is 0 Å². The van der Waals surface area contributed by atoms with E-state index >= 15 is 0 Å². The number of nitrogens with zero attached hydrogens (tertiary/aromatic N) is 3. The predicted molar refractivity (Wildman–Crippen MR) is 92.5 cm³/mol. The highest BCUT2D eigenvalue weighted by atomic mass is 15.4. The van der Waals surface area contributed by atoms with Crippen molar-refractivity contribution in [3.8, 4) is 22.5 Å². The predicted octanol–water partition coefficient (Wildman–Crippen LogP) is 4.01. The molecular formula is C19H20N3+. The van der Waals surface area contributed by atoms with Gasteiger partial charge in [-0.1, -0.05) is 60.7 Å². The molecule has 0 aliphatic heterocycles. The van der Waals surface area contributed by atoms with E-state index in [-0.39, 0.29) is 0 Å². The van der Waals surface area contributed by atoms with Gasteiger partial charge in [-0.15, -0.1) is 0 Å². The summed E-state index contributed by atoms with van der Waals surface area (Å²) in [4.78, 5) is 9.52. The van der Waals surface area contributed by atoms with Crippen LogP contribution < -0.4 is 4.48 Å². The Morgan fingerprint density at radius 1 is 0.636 bits per heavy atom. The number of benzene rings is 2. The number of hydrogen-bond donors (Lipinski definition) is 0. The molecule has 0 atom stereocenters. The van der Waals surface area contributed by atoms with Crippen LogP contribution in [0.15, 0.2) is 66.7 Å². The van der Waals surface area contributed by atoms with Gasteiger partial charge in [0.2, 0.25) is 0 Å². The molecule has 0 saturated carbocycles. The summed E-state index contributed by atoms with van der Waals surface area (Å²) >= 11 is 0. The molecule has 0 aliphatic carbocycles. The lowest BCUT2D eigenvalue weighted by Crippen LogP contribution is -2.36. The first-order valence-electron chi connectivity index (χ1n) is 7.36. The van der Waals surface area contributed by atoms with Crippen molar-refractivity contribution in [2.75, 3.05) is 21.1 Å². The lowest BCUT2D eigenvalue weighted by atomic mass is 10.1. The summed E-state index contributed by atoms with van der Waals surface area (Å²) in [6.45, 7) is 0. The number of quaternary nitrogens is 1. The first-order chi connectivity index (χ1) is 10.5. The molecule has 0 amide bonds. The summed E-state index contributed by atoms with van der Waals surface area (Å²) in [5, 5.41) is 0.